The minimum absolute atomic E-state index is 0.0682. The first-order chi connectivity index (χ1) is 11.5. The highest BCUT2D eigenvalue weighted by molar-refractivity contribution is 5.97. The Morgan fingerprint density at radius 3 is 2.75 bits per heavy atom. The number of hydrogen-bond donors (Lipinski definition) is 1. The van der Waals surface area contributed by atoms with Crippen LogP contribution < -0.4 is 4.74 Å². The lowest BCUT2D eigenvalue weighted by Crippen LogP contribution is -2.15. The minimum atomic E-state index is -0.598. The predicted molar refractivity (Wildman–Crippen MR) is 91.2 cm³/mol. The largest absolute Gasteiger partial charge is 0.507 e. The molecule has 1 N–H and O–H groups in total. The normalized spacial score (nSPS) is 22.0. The Bertz CT molecular complexity index is 673. The minimum Gasteiger partial charge on any atom is -0.507 e. The fourth-order valence-corrected chi connectivity index (χ4v) is 2.46. The number of esters is 1. The zero-order valence-electron chi connectivity index (χ0n) is 14.0. The van der Waals surface area contributed by atoms with Crippen molar-refractivity contribution < 1.29 is 24.2 Å². The Hall–Kier alpha value is -2.56. The lowest BCUT2D eigenvalue weighted by Gasteiger charge is -2.15. The van der Waals surface area contributed by atoms with Crippen molar-refractivity contribution in [1.82, 2.24) is 0 Å². The summed E-state index contributed by atoms with van der Waals surface area (Å²) in [5, 5.41) is 10.2. The lowest BCUT2D eigenvalue weighted by molar-refractivity contribution is -0.114. The number of aromatic hydroxyl groups is 1. The van der Waals surface area contributed by atoms with Gasteiger partial charge in [-0.05, 0) is 37.5 Å². The van der Waals surface area contributed by atoms with Crippen LogP contribution in [0.25, 0.3) is 6.08 Å². The lowest BCUT2D eigenvalue weighted by atomic mass is 10.0. The maximum Gasteiger partial charge on any atom is 0.342 e. The summed E-state index contributed by atoms with van der Waals surface area (Å²) >= 11 is 0. The van der Waals surface area contributed by atoms with Gasteiger partial charge in [0.1, 0.15) is 23.2 Å². The van der Waals surface area contributed by atoms with Gasteiger partial charge in [0.2, 0.25) is 0 Å². The zero-order chi connectivity index (χ0) is 17.5. The summed E-state index contributed by atoms with van der Waals surface area (Å²) in [7, 11) is 1.49. The molecule has 0 spiro atoms. The van der Waals surface area contributed by atoms with E-state index in [1.165, 1.54) is 19.3 Å². The van der Waals surface area contributed by atoms with Crippen molar-refractivity contribution in [3.63, 3.8) is 0 Å². The molecular weight excluding hydrogens is 308 g/mol. The molecule has 128 valence electrons. The van der Waals surface area contributed by atoms with E-state index < -0.39 is 12.1 Å². The molecule has 1 aliphatic heterocycles. The Kier molecular flexibility index (Phi) is 6.18. The highest BCUT2D eigenvalue weighted by Crippen LogP contribution is 2.30. The fraction of sp³-hybridized carbons (Fsp3) is 0.368. The van der Waals surface area contributed by atoms with E-state index in [4.69, 9.17) is 9.47 Å². The van der Waals surface area contributed by atoms with Gasteiger partial charge in [-0.1, -0.05) is 18.2 Å². The molecule has 0 saturated heterocycles. The first kappa shape index (κ1) is 17.8. The van der Waals surface area contributed by atoms with E-state index in [0.717, 1.165) is 6.42 Å². The summed E-state index contributed by atoms with van der Waals surface area (Å²) in [4.78, 5) is 24.1. The van der Waals surface area contributed by atoms with Gasteiger partial charge in [0.05, 0.1) is 7.11 Å². The third kappa shape index (κ3) is 4.72. The van der Waals surface area contributed by atoms with Crippen LogP contribution in [0.5, 0.6) is 11.5 Å². The summed E-state index contributed by atoms with van der Waals surface area (Å²) in [6.07, 6.45) is 8.82. The summed E-state index contributed by atoms with van der Waals surface area (Å²) < 4.78 is 10.5. The SMILES string of the molecule is COc1cc(O)c2c(c1)/C=C\CCCC(=O)/C=C\C[C@H](C)OC2=O. The van der Waals surface area contributed by atoms with Crippen molar-refractivity contribution in [2.24, 2.45) is 0 Å². The van der Waals surface area contributed by atoms with E-state index in [9.17, 15) is 14.7 Å². The van der Waals surface area contributed by atoms with Gasteiger partial charge < -0.3 is 14.6 Å². The summed E-state index contributed by atoms with van der Waals surface area (Å²) in [5.41, 5.74) is 0.652. The number of ketones is 1. The molecule has 0 aromatic heterocycles. The van der Waals surface area contributed by atoms with E-state index in [-0.39, 0.29) is 17.1 Å². The fourth-order valence-electron chi connectivity index (χ4n) is 2.46. The summed E-state index contributed by atoms with van der Waals surface area (Å²) in [5.74, 6) is -0.252. The number of carbonyl (C=O) groups excluding carboxylic acids is 2. The van der Waals surface area contributed by atoms with Gasteiger partial charge in [0, 0.05) is 18.9 Å². The summed E-state index contributed by atoms with van der Waals surface area (Å²) in [6.45, 7) is 1.74. The number of phenols is 1. The monoisotopic (exact) mass is 330 g/mol. The van der Waals surface area contributed by atoms with Crippen molar-refractivity contribution in [3.05, 3.63) is 41.5 Å². The number of fused-ring (bicyclic) bond motifs is 1. The standard InChI is InChI=1S/C19H22O5/c1-13-7-6-10-15(20)9-5-3-4-8-14-11-16(23-2)12-17(21)18(14)19(22)24-13/h4,6,8,10-13,21H,3,5,7,9H2,1-2H3/b8-4-,10-6-/t13-/m0/s1. The Morgan fingerprint density at radius 1 is 1.21 bits per heavy atom. The van der Waals surface area contributed by atoms with Crippen LogP contribution in [0.1, 0.15) is 48.5 Å². The Morgan fingerprint density at radius 2 is 2.00 bits per heavy atom. The van der Waals surface area contributed by atoms with Crippen molar-refractivity contribution in [1.29, 1.82) is 0 Å². The molecule has 1 atom stereocenters. The van der Waals surface area contributed by atoms with Gasteiger partial charge in [-0.3, -0.25) is 4.79 Å². The third-order valence-electron chi connectivity index (χ3n) is 3.73. The second-order valence-electron chi connectivity index (χ2n) is 5.73. The number of phenolic OH excluding ortho intramolecular Hbond substituents is 1. The quantitative estimate of drug-likeness (QED) is 0.796. The Balaban J connectivity index is 2.38. The first-order valence-corrected chi connectivity index (χ1v) is 7.99. The van der Waals surface area contributed by atoms with Crippen LogP contribution in [0.2, 0.25) is 0 Å². The predicted octanol–water partition coefficient (Wildman–Crippen LogP) is 3.66. The van der Waals surface area contributed by atoms with Crippen molar-refractivity contribution in [2.75, 3.05) is 7.11 Å². The molecule has 1 aromatic rings. The number of hydrogen-bond acceptors (Lipinski definition) is 5. The molecule has 24 heavy (non-hydrogen) atoms. The average Bonchev–Trinajstić information content (AvgIpc) is 2.53. The number of methoxy groups -OCH3 is 1. The molecule has 1 aromatic carbocycles. The molecular formula is C19H22O5. The number of rotatable bonds is 1. The van der Waals surface area contributed by atoms with Crippen LogP contribution in [-0.2, 0) is 9.53 Å². The number of allylic oxidation sites excluding steroid dienone is 2. The van der Waals surface area contributed by atoms with E-state index in [2.05, 4.69) is 0 Å². The highest BCUT2D eigenvalue weighted by atomic mass is 16.5. The molecule has 0 unspecified atom stereocenters. The van der Waals surface area contributed by atoms with Gasteiger partial charge in [0.15, 0.2) is 5.78 Å². The molecule has 2 rings (SSSR count). The average molecular weight is 330 g/mol. The molecule has 5 heteroatoms. The number of carbonyl (C=O) groups is 2. The van der Waals surface area contributed by atoms with Crippen LogP contribution in [0.15, 0.2) is 30.4 Å². The second kappa shape index (κ2) is 8.34. The molecule has 1 aliphatic rings. The topological polar surface area (TPSA) is 72.8 Å². The molecule has 0 radical (unpaired) electrons. The van der Waals surface area contributed by atoms with Gasteiger partial charge in [-0.15, -0.1) is 0 Å². The summed E-state index contributed by atoms with van der Waals surface area (Å²) in [6, 6.07) is 3.06. The molecule has 1 heterocycles. The molecule has 0 fully saturated rings. The van der Waals surface area contributed by atoms with Crippen LogP contribution in [0.3, 0.4) is 0 Å². The van der Waals surface area contributed by atoms with Crippen LogP contribution in [0.4, 0.5) is 0 Å². The maximum absolute atomic E-state index is 12.4. The number of cyclic esters (lactones) is 1. The Labute approximate surface area is 141 Å². The molecule has 0 aliphatic carbocycles. The molecule has 0 amide bonds. The van der Waals surface area contributed by atoms with E-state index in [1.54, 1.807) is 25.1 Å². The van der Waals surface area contributed by atoms with Gasteiger partial charge in [-0.25, -0.2) is 4.79 Å². The van der Waals surface area contributed by atoms with Gasteiger partial charge in [-0.2, -0.15) is 0 Å². The maximum atomic E-state index is 12.4. The molecule has 0 saturated carbocycles. The number of ether oxygens (including phenoxy) is 2. The van der Waals surface area contributed by atoms with Crippen LogP contribution >= 0.6 is 0 Å². The highest BCUT2D eigenvalue weighted by Gasteiger charge is 2.20. The first-order valence-electron chi connectivity index (χ1n) is 7.99. The second-order valence-corrected chi connectivity index (χ2v) is 5.73. The zero-order valence-corrected chi connectivity index (χ0v) is 14.0. The van der Waals surface area contributed by atoms with Crippen LogP contribution in [0, 0.1) is 0 Å². The van der Waals surface area contributed by atoms with Crippen molar-refractivity contribution in [3.8, 4) is 11.5 Å². The van der Waals surface area contributed by atoms with E-state index in [0.29, 0.717) is 30.6 Å². The molecule has 5 nitrogen and oxygen atoms in total. The van der Waals surface area contributed by atoms with E-state index >= 15 is 0 Å². The smallest absolute Gasteiger partial charge is 0.342 e. The van der Waals surface area contributed by atoms with Crippen molar-refractivity contribution in [2.45, 2.75) is 38.7 Å². The van der Waals surface area contributed by atoms with Crippen molar-refractivity contribution >= 4 is 17.8 Å². The van der Waals surface area contributed by atoms with Gasteiger partial charge >= 0.3 is 5.97 Å². The third-order valence-corrected chi connectivity index (χ3v) is 3.73. The van der Waals surface area contributed by atoms with Crippen LogP contribution in [-0.4, -0.2) is 30.1 Å². The molecule has 0 bridgehead atoms. The van der Waals surface area contributed by atoms with Gasteiger partial charge in [0.25, 0.3) is 0 Å². The number of benzene rings is 1. The van der Waals surface area contributed by atoms with E-state index in [1.807, 2.05) is 6.08 Å².